The fourth-order valence-corrected chi connectivity index (χ4v) is 1.33. The van der Waals surface area contributed by atoms with Crippen molar-refractivity contribution in [3.63, 3.8) is 0 Å². The second-order valence-electron chi connectivity index (χ2n) is 3.73. The second kappa shape index (κ2) is 8.49. The van der Waals surface area contributed by atoms with E-state index < -0.39 is 0 Å². The van der Waals surface area contributed by atoms with Gasteiger partial charge in [-0.15, -0.1) is 0 Å². The summed E-state index contributed by atoms with van der Waals surface area (Å²) in [4.78, 5) is 11.5. The zero-order valence-corrected chi connectivity index (χ0v) is 10.9. The van der Waals surface area contributed by atoms with Crippen molar-refractivity contribution < 1.29 is 14.3 Å². The molecule has 100 valence electrons. The van der Waals surface area contributed by atoms with Gasteiger partial charge in [-0.3, -0.25) is 0 Å². The maximum Gasteiger partial charge on any atom is 0.321 e. The first-order chi connectivity index (χ1) is 8.76. The number of nitrogens with one attached hydrogen (secondary N) is 2. The molecule has 0 aromatic heterocycles. The fraction of sp³-hybridized carbons (Fsp3) is 0.462. The average molecular weight is 252 g/mol. The van der Waals surface area contributed by atoms with Crippen LogP contribution >= 0.6 is 0 Å². The van der Waals surface area contributed by atoms with Gasteiger partial charge in [0.1, 0.15) is 6.73 Å². The highest BCUT2D eigenvalue weighted by molar-refractivity contribution is 5.89. The van der Waals surface area contributed by atoms with E-state index >= 15 is 0 Å². The molecule has 2 N–H and O–H groups in total. The monoisotopic (exact) mass is 252 g/mol. The first-order valence-corrected chi connectivity index (χ1v) is 5.96. The minimum absolute atomic E-state index is 0.169. The van der Waals surface area contributed by atoms with Crippen LogP contribution in [0.2, 0.25) is 0 Å². The molecule has 0 saturated carbocycles. The highest BCUT2D eigenvalue weighted by Gasteiger charge is 2.00. The van der Waals surface area contributed by atoms with Crippen LogP contribution in [0.15, 0.2) is 24.3 Å². The Bertz CT molecular complexity index is 352. The van der Waals surface area contributed by atoms with Crippen LogP contribution in [0.5, 0.6) is 0 Å². The summed E-state index contributed by atoms with van der Waals surface area (Å²) in [5, 5.41) is 5.31. The summed E-state index contributed by atoms with van der Waals surface area (Å²) in [6, 6.07) is 7.46. The molecule has 0 aliphatic carbocycles. The molecule has 0 aliphatic heterocycles. The standard InChI is InChI=1S/C13H20N2O3/c1-3-11-4-6-12(7-5-11)15-13(16)14-10-18-9-8-17-2/h4-7H,3,8-10H2,1-2H3,(H2,14,15,16). The first-order valence-electron chi connectivity index (χ1n) is 5.96. The van der Waals surface area contributed by atoms with E-state index in [1.54, 1.807) is 7.11 Å². The quantitative estimate of drug-likeness (QED) is 0.576. The normalized spacial score (nSPS) is 10.1. The second-order valence-corrected chi connectivity index (χ2v) is 3.73. The predicted octanol–water partition coefficient (Wildman–Crippen LogP) is 1.99. The van der Waals surface area contributed by atoms with Gasteiger partial charge < -0.3 is 20.1 Å². The van der Waals surface area contributed by atoms with Crippen molar-refractivity contribution in [3.8, 4) is 0 Å². The lowest BCUT2D eigenvalue weighted by atomic mass is 10.1. The highest BCUT2D eigenvalue weighted by Crippen LogP contribution is 2.09. The lowest BCUT2D eigenvalue weighted by Crippen LogP contribution is -2.31. The summed E-state index contributed by atoms with van der Waals surface area (Å²) < 4.78 is 9.93. The van der Waals surface area contributed by atoms with Crippen molar-refractivity contribution in [2.45, 2.75) is 13.3 Å². The number of ether oxygens (including phenoxy) is 2. The van der Waals surface area contributed by atoms with Crippen LogP contribution in [-0.4, -0.2) is 33.1 Å². The maximum atomic E-state index is 11.5. The lowest BCUT2D eigenvalue weighted by Gasteiger charge is -2.08. The molecule has 0 radical (unpaired) electrons. The Morgan fingerprint density at radius 1 is 1.22 bits per heavy atom. The Morgan fingerprint density at radius 2 is 1.94 bits per heavy atom. The van der Waals surface area contributed by atoms with Gasteiger partial charge in [0.2, 0.25) is 0 Å². The molecule has 18 heavy (non-hydrogen) atoms. The van der Waals surface area contributed by atoms with Gasteiger partial charge in [-0.05, 0) is 24.1 Å². The molecule has 5 heteroatoms. The zero-order valence-electron chi connectivity index (χ0n) is 10.9. The van der Waals surface area contributed by atoms with Crippen molar-refractivity contribution in [3.05, 3.63) is 29.8 Å². The highest BCUT2D eigenvalue weighted by atomic mass is 16.5. The Balaban J connectivity index is 2.22. The molecule has 0 bridgehead atoms. The predicted molar refractivity (Wildman–Crippen MR) is 70.7 cm³/mol. The topological polar surface area (TPSA) is 59.6 Å². The molecule has 0 saturated heterocycles. The molecule has 1 aromatic carbocycles. The molecule has 1 aromatic rings. The lowest BCUT2D eigenvalue weighted by molar-refractivity contribution is 0.0650. The number of hydrogen-bond donors (Lipinski definition) is 2. The molecule has 0 heterocycles. The van der Waals surface area contributed by atoms with Crippen LogP contribution in [0.25, 0.3) is 0 Å². The SMILES string of the molecule is CCc1ccc(NC(=O)NCOCCOC)cc1. The van der Waals surface area contributed by atoms with E-state index in [0.717, 1.165) is 12.1 Å². The van der Waals surface area contributed by atoms with Crippen molar-refractivity contribution in [2.24, 2.45) is 0 Å². The van der Waals surface area contributed by atoms with E-state index in [2.05, 4.69) is 17.6 Å². The number of hydrogen-bond acceptors (Lipinski definition) is 3. The molecule has 5 nitrogen and oxygen atoms in total. The Kier molecular flexibility index (Phi) is 6.83. The fourth-order valence-electron chi connectivity index (χ4n) is 1.33. The molecule has 1 rings (SSSR count). The first kappa shape index (κ1) is 14.5. The molecule has 2 amide bonds. The van der Waals surface area contributed by atoms with Gasteiger partial charge in [0.05, 0.1) is 13.2 Å². The molecule has 0 unspecified atom stereocenters. The number of carbonyl (C=O) groups is 1. The number of aryl methyl sites for hydroxylation is 1. The molecule has 0 spiro atoms. The molecular weight excluding hydrogens is 232 g/mol. The third kappa shape index (κ3) is 5.65. The van der Waals surface area contributed by atoms with Crippen molar-refractivity contribution in [2.75, 3.05) is 32.4 Å². The molecular formula is C13H20N2O3. The number of anilines is 1. The minimum Gasteiger partial charge on any atom is -0.382 e. The summed E-state index contributed by atoms with van der Waals surface area (Å²) in [5.41, 5.74) is 2.01. The van der Waals surface area contributed by atoms with Gasteiger partial charge in [-0.1, -0.05) is 19.1 Å². The summed E-state index contributed by atoms with van der Waals surface area (Å²) in [6.45, 7) is 3.23. The van der Waals surface area contributed by atoms with Crippen LogP contribution in [0.4, 0.5) is 10.5 Å². The number of carbonyl (C=O) groups excluding carboxylic acids is 1. The number of methoxy groups -OCH3 is 1. The summed E-state index contributed by atoms with van der Waals surface area (Å²) in [6.07, 6.45) is 0.986. The zero-order chi connectivity index (χ0) is 13.2. The van der Waals surface area contributed by atoms with Gasteiger partial charge in [0, 0.05) is 12.8 Å². The third-order valence-electron chi connectivity index (χ3n) is 2.39. The minimum atomic E-state index is -0.281. The van der Waals surface area contributed by atoms with Gasteiger partial charge in [-0.25, -0.2) is 4.79 Å². The number of rotatable bonds is 7. The Labute approximate surface area is 107 Å². The summed E-state index contributed by atoms with van der Waals surface area (Å²) in [7, 11) is 1.60. The Morgan fingerprint density at radius 3 is 2.56 bits per heavy atom. The molecule has 0 aliphatic rings. The largest absolute Gasteiger partial charge is 0.382 e. The van der Waals surface area contributed by atoms with Crippen LogP contribution < -0.4 is 10.6 Å². The van der Waals surface area contributed by atoms with Gasteiger partial charge in [0.25, 0.3) is 0 Å². The van der Waals surface area contributed by atoms with Crippen molar-refractivity contribution in [1.29, 1.82) is 0 Å². The Hall–Kier alpha value is -1.59. The maximum absolute atomic E-state index is 11.5. The van der Waals surface area contributed by atoms with Gasteiger partial charge in [-0.2, -0.15) is 0 Å². The van der Waals surface area contributed by atoms with E-state index in [1.165, 1.54) is 5.56 Å². The van der Waals surface area contributed by atoms with Crippen LogP contribution in [0.3, 0.4) is 0 Å². The van der Waals surface area contributed by atoms with E-state index in [-0.39, 0.29) is 12.8 Å². The third-order valence-corrected chi connectivity index (χ3v) is 2.39. The van der Waals surface area contributed by atoms with Crippen molar-refractivity contribution in [1.82, 2.24) is 5.32 Å². The smallest absolute Gasteiger partial charge is 0.321 e. The van der Waals surface area contributed by atoms with Gasteiger partial charge >= 0.3 is 6.03 Å². The number of amides is 2. The summed E-state index contributed by atoms with van der Waals surface area (Å²) in [5.74, 6) is 0. The number of urea groups is 1. The van der Waals surface area contributed by atoms with E-state index in [1.807, 2.05) is 24.3 Å². The summed E-state index contributed by atoms with van der Waals surface area (Å²) >= 11 is 0. The van der Waals surface area contributed by atoms with E-state index in [9.17, 15) is 4.79 Å². The van der Waals surface area contributed by atoms with Crippen LogP contribution in [0.1, 0.15) is 12.5 Å². The molecule has 0 fully saturated rings. The van der Waals surface area contributed by atoms with Crippen LogP contribution in [-0.2, 0) is 15.9 Å². The number of benzene rings is 1. The van der Waals surface area contributed by atoms with E-state index in [0.29, 0.717) is 13.2 Å². The van der Waals surface area contributed by atoms with Gasteiger partial charge in [0.15, 0.2) is 0 Å². The molecule has 0 atom stereocenters. The van der Waals surface area contributed by atoms with Crippen molar-refractivity contribution >= 4 is 11.7 Å². The van der Waals surface area contributed by atoms with E-state index in [4.69, 9.17) is 9.47 Å². The van der Waals surface area contributed by atoms with Crippen LogP contribution in [0, 0.1) is 0 Å². The average Bonchev–Trinajstić information content (AvgIpc) is 2.39.